The van der Waals surface area contributed by atoms with Crippen LogP contribution in [0.5, 0.6) is 11.8 Å². The summed E-state index contributed by atoms with van der Waals surface area (Å²) in [4.78, 5) is 34.4. The highest BCUT2D eigenvalue weighted by atomic mass is 16.6. The average Bonchev–Trinajstić information content (AvgIpc) is 3.56. The number of benzene rings is 2. The summed E-state index contributed by atoms with van der Waals surface area (Å²) in [5, 5.41) is 22.7. The zero-order valence-corrected chi connectivity index (χ0v) is 25.9. The van der Waals surface area contributed by atoms with Gasteiger partial charge in [-0.3, -0.25) is 4.79 Å². The minimum atomic E-state index is -0.601. The van der Waals surface area contributed by atoms with E-state index in [1.165, 1.54) is 0 Å². The maximum atomic E-state index is 11.5. The second kappa shape index (κ2) is 14.8. The summed E-state index contributed by atoms with van der Waals surface area (Å²) in [7, 11) is 0. The molecule has 4 N–H and O–H groups in total. The lowest BCUT2D eigenvalue weighted by atomic mass is 10.1. The third-order valence-electron chi connectivity index (χ3n) is 5.34. The first-order valence-corrected chi connectivity index (χ1v) is 13.8. The van der Waals surface area contributed by atoms with Gasteiger partial charge in [0.15, 0.2) is 11.2 Å². The molecule has 0 aliphatic rings. The Labute approximate surface area is 258 Å². The van der Waals surface area contributed by atoms with Gasteiger partial charge in [-0.15, -0.1) is 0 Å². The molecule has 4 rings (SSSR count). The predicted molar refractivity (Wildman–Crippen MR) is 161 cm³/mol. The number of hydrogen-bond donors (Lipinski definition) is 3. The molecule has 45 heavy (non-hydrogen) atoms. The number of carbonyl (C=O) groups excluding carboxylic acids is 3. The lowest BCUT2D eigenvalue weighted by Crippen LogP contribution is -2.34. The van der Waals surface area contributed by atoms with E-state index >= 15 is 0 Å². The number of primary amides is 1. The van der Waals surface area contributed by atoms with Crippen LogP contribution in [-0.2, 0) is 9.47 Å². The molecule has 0 atom stereocenters. The number of nitrogens with two attached hydrogens (primary N) is 1. The molecule has 0 unspecified atom stereocenters. The van der Waals surface area contributed by atoms with E-state index in [0.29, 0.717) is 27.5 Å². The SMILES string of the molecule is CC(C)(C)OC(=O)NCCOc1noc2cccc(C#N)c12.CC(C)(C)OC(=O)NCCOc1noc2cccc(C(N)=O)c12. The van der Waals surface area contributed by atoms with Crippen molar-refractivity contribution in [2.75, 3.05) is 26.3 Å². The van der Waals surface area contributed by atoms with Crippen LogP contribution in [0.2, 0.25) is 0 Å². The van der Waals surface area contributed by atoms with Crippen LogP contribution in [0.15, 0.2) is 45.4 Å². The van der Waals surface area contributed by atoms with E-state index in [1.54, 1.807) is 77.9 Å². The van der Waals surface area contributed by atoms with Crippen molar-refractivity contribution >= 4 is 40.0 Å². The lowest BCUT2D eigenvalue weighted by Gasteiger charge is -2.19. The van der Waals surface area contributed by atoms with Crippen LogP contribution < -0.4 is 25.8 Å². The molecule has 240 valence electrons. The third kappa shape index (κ3) is 10.3. The van der Waals surface area contributed by atoms with Crippen LogP contribution in [0, 0.1) is 11.3 Å². The molecule has 0 radical (unpaired) electrons. The van der Waals surface area contributed by atoms with Gasteiger partial charge in [0.05, 0.1) is 29.6 Å². The standard InChI is InChI=1S/C15H19N3O5.C15H17N3O4/c1-15(2,3)22-14(20)17-7-8-21-13-11-9(12(16)19)5-4-6-10(11)23-18-13;1-15(2,3)21-14(19)17-7-8-20-13-12-10(9-16)5-4-6-11(12)22-18-13/h4-6H,7-8H2,1-3H3,(H2,16,19)(H,17,20);4-6H,7-8H2,1-3H3,(H,17,19). The van der Waals surface area contributed by atoms with Crippen LogP contribution in [0.3, 0.4) is 0 Å². The molecule has 0 bridgehead atoms. The van der Waals surface area contributed by atoms with Gasteiger partial charge < -0.3 is 44.4 Å². The number of hydrogen-bond acceptors (Lipinski definition) is 12. The zero-order valence-electron chi connectivity index (χ0n) is 25.9. The van der Waals surface area contributed by atoms with Gasteiger partial charge in [0.2, 0.25) is 5.91 Å². The minimum Gasteiger partial charge on any atom is -0.473 e. The largest absolute Gasteiger partial charge is 0.473 e. The van der Waals surface area contributed by atoms with Crippen molar-refractivity contribution < 1.29 is 42.4 Å². The van der Waals surface area contributed by atoms with E-state index < -0.39 is 29.3 Å². The van der Waals surface area contributed by atoms with Crippen molar-refractivity contribution in [3.63, 3.8) is 0 Å². The van der Waals surface area contributed by atoms with Crippen molar-refractivity contribution in [1.82, 2.24) is 20.9 Å². The molecule has 0 saturated heterocycles. The Hall–Kier alpha value is -5.52. The van der Waals surface area contributed by atoms with Crippen LogP contribution in [0.25, 0.3) is 21.9 Å². The topological polar surface area (TPSA) is 214 Å². The Morgan fingerprint density at radius 3 is 1.73 bits per heavy atom. The summed E-state index contributed by atoms with van der Waals surface area (Å²) < 4.78 is 31.3. The fraction of sp³-hybridized carbons (Fsp3) is 0.400. The van der Waals surface area contributed by atoms with Crippen molar-refractivity contribution in [2.24, 2.45) is 5.73 Å². The molecule has 4 aromatic rings. The summed E-state index contributed by atoms with van der Waals surface area (Å²) in [5.74, 6) is -0.214. The second-order valence-electron chi connectivity index (χ2n) is 11.4. The quantitative estimate of drug-likeness (QED) is 0.221. The van der Waals surface area contributed by atoms with E-state index in [1.807, 2.05) is 0 Å². The highest BCUT2D eigenvalue weighted by Crippen LogP contribution is 2.29. The van der Waals surface area contributed by atoms with Crippen molar-refractivity contribution in [2.45, 2.75) is 52.7 Å². The summed E-state index contributed by atoms with van der Waals surface area (Å²) in [6, 6.07) is 12.0. The number of rotatable bonds is 9. The minimum absolute atomic E-state index is 0.133. The number of fused-ring (bicyclic) bond motifs is 2. The predicted octanol–water partition coefficient (Wildman–Crippen LogP) is 4.43. The number of nitriles is 1. The molecule has 0 spiro atoms. The second-order valence-corrected chi connectivity index (χ2v) is 11.4. The number of alkyl carbamates (subject to hydrolysis) is 2. The molecule has 0 aliphatic carbocycles. The van der Waals surface area contributed by atoms with Gasteiger partial charge >= 0.3 is 12.2 Å². The van der Waals surface area contributed by atoms with Gasteiger partial charge in [-0.05, 0) is 76.1 Å². The molecule has 0 aliphatic heterocycles. The fourth-order valence-electron chi connectivity index (χ4n) is 3.65. The molecule has 2 aromatic carbocycles. The molecule has 0 fully saturated rings. The van der Waals surface area contributed by atoms with E-state index in [4.69, 9.17) is 39.0 Å². The molecule has 15 nitrogen and oxygen atoms in total. The first-order chi connectivity index (χ1) is 21.2. The maximum absolute atomic E-state index is 11.5. The highest BCUT2D eigenvalue weighted by Gasteiger charge is 2.19. The smallest absolute Gasteiger partial charge is 0.407 e. The monoisotopic (exact) mass is 624 g/mol. The van der Waals surface area contributed by atoms with E-state index in [2.05, 4.69) is 27.0 Å². The van der Waals surface area contributed by atoms with Crippen LogP contribution >= 0.6 is 0 Å². The molecule has 0 saturated carbocycles. The normalized spacial score (nSPS) is 11.1. The van der Waals surface area contributed by atoms with Crippen molar-refractivity contribution in [3.8, 4) is 17.8 Å². The van der Waals surface area contributed by atoms with Crippen molar-refractivity contribution in [3.05, 3.63) is 47.5 Å². The molecular formula is C30H36N6O9. The number of nitrogens with zero attached hydrogens (tertiary/aromatic N) is 3. The number of ether oxygens (including phenoxy) is 4. The van der Waals surface area contributed by atoms with Crippen LogP contribution in [0.4, 0.5) is 9.59 Å². The summed E-state index contributed by atoms with van der Waals surface area (Å²) >= 11 is 0. The number of carbonyl (C=O) groups is 3. The lowest BCUT2D eigenvalue weighted by molar-refractivity contribution is 0.0508. The van der Waals surface area contributed by atoms with Crippen molar-refractivity contribution in [1.29, 1.82) is 5.26 Å². The number of aromatic nitrogens is 2. The van der Waals surface area contributed by atoms with E-state index in [9.17, 15) is 14.4 Å². The first kappa shape index (κ1) is 34.0. The number of amides is 3. The summed E-state index contributed by atoms with van der Waals surface area (Å²) in [6.07, 6.45) is -1.05. The molecule has 2 aromatic heterocycles. The first-order valence-electron chi connectivity index (χ1n) is 13.8. The Morgan fingerprint density at radius 1 is 0.800 bits per heavy atom. The summed E-state index contributed by atoms with van der Waals surface area (Å²) in [6.45, 7) is 11.5. The molecule has 2 heterocycles. The highest BCUT2D eigenvalue weighted by molar-refractivity contribution is 6.06. The maximum Gasteiger partial charge on any atom is 0.407 e. The third-order valence-corrected chi connectivity index (χ3v) is 5.34. The van der Waals surface area contributed by atoms with E-state index in [-0.39, 0.29) is 43.6 Å². The molecular weight excluding hydrogens is 588 g/mol. The molecule has 15 heteroatoms. The van der Waals surface area contributed by atoms with Gasteiger partial charge in [-0.1, -0.05) is 12.1 Å². The Bertz CT molecular complexity index is 1680. The zero-order chi connectivity index (χ0) is 33.2. The van der Waals surface area contributed by atoms with Crippen LogP contribution in [0.1, 0.15) is 57.5 Å². The van der Waals surface area contributed by atoms with E-state index in [0.717, 1.165) is 0 Å². The van der Waals surface area contributed by atoms with Gasteiger partial charge in [0.25, 0.3) is 11.8 Å². The fourth-order valence-corrected chi connectivity index (χ4v) is 3.65. The van der Waals surface area contributed by atoms with Gasteiger partial charge in [0, 0.05) is 0 Å². The Morgan fingerprint density at radius 2 is 1.27 bits per heavy atom. The van der Waals surface area contributed by atoms with Gasteiger partial charge in [-0.2, -0.15) is 5.26 Å². The Balaban J connectivity index is 0.000000246. The van der Waals surface area contributed by atoms with Crippen LogP contribution in [-0.4, -0.2) is 65.9 Å². The molecule has 3 amide bonds. The Kier molecular flexibility index (Phi) is 11.2. The average molecular weight is 625 g/mol. The number of nitrogens with one attached hydrogen (secondary N) is 2. The van der Waals surface area contributed by atoms with Gasteiger partial charge in [-0.25, -0.2) is 9.59 Å². The van der Waals surface area contributed by atoms with Gasteiger partial charge in [0.1, 0.15) is 35.9 Å². The summed E-state index contributed by atoms with van der Waals surface area (Å²) in [5.41, 5.74) is 5.78.